The van der Waals surface area contributed by atoms with E-state index in [1.807, 2.05) is 12.1 Å². The zero-order chi connectivity index (χ0) is 16.4. The molecule has 23 heavy (non-hydrogen) atoms. The van der Waals surface area contributed by atoms with E-state index in [0.29, 0.717) is 22.0 Å². The monoisotopic (exact) mass is 341 g/mol. The van der Waals surface area contributed by atoms with E-state index in [1.54, 1.807) is 6.07 Å². The Kier molecular flexibility index (Phi) is 4.17. The Hall–Kier alpha value is -2.21. The van der Waals surface area contributed by atoms with Gasteiger partial charge in [0.15, 0.2) is 0 Å². The molecule has 0 N–H and O–H groups in total. The number of alkyl halides is 3. The van der Waals surface area contributed by atoms with E-state index in [1.165, 1.54) is 24.3 Å². The molecule has 1 aliphatic rings. The topological polar surface area (TPSA) is 31.4 Å². The van der Waals surface area contributed by atoms with Gasteiger partial charge in [-0.1, -0.05) is 17.7 Å². The summed E-state index contributed by atoms with van der Waals surface area (Å²) in [5.41, 5.74) is 0. The number of aromatic nitrogens is 1. The Morgan fingerprint density at radius 2 is 1.70 bits per heavy atom. The van der Waals surface area contributed by atoms with Crippen LogP contribution in [0.4, 0.5) is 13.2 Å². The number of fused-ring (bicyclic) bond motifs is 1. The third kappa shape index (κ3) is 3.96. The Balaban J connectivity index is 1.81. The number of ether oxygens (including phenoxy) is 2. The van der Waals surface area contributed by atoms with Gasteiger partial charge >= 0.3 is 6.36 Å². The molecule has 0 saturated carbocycles. The van der Waals surface area contributed by atoms with Gasteiger partial charge in [0.2, 0.25) is 5.88 Å². The molecule has 2 aromatic rings. The van der Waals surface area contributed by atoms with Crippen LogP contribution in [-0.2, 0) is 0 Å². The quantitative estimate of drug-likeness (QED) is 0.853. The van der Waals surface area contributed by atoms with E-state index >= 15 is 0 Å². The molecule has 7 heteroatoms. The summed E-state index contributed by atoms with van der Waals surface area (Å²) < 4.78 is 45.7. The lowest BCUT2D eigenvalue weighted by molar-refractivity contribution is -0.274. The third-order valence-corrected chi connectivity index (χ3v) is 3.53. The van der Waals surface area contributed by atoms with E-state index in [-0.39, 0.29) is 5.75 Å². The zero-order valence-electron chi connectivity index (χ0n) is 11.7. The minimum Gasteiger partial charge on any atom is -0.439 e. The molecule has 0 aliphatic heterocycles. The summed E-state index contributed by atoms with van der Waals surface area (Å²) in [6, 6.07) is 8.63. The van der Waals surface area contributed by atoms with Gasteiger partial charge in [0.1, 0.15) is 11.5 Å². The van der Waals surface area contributed by atoms with Gasteiger partial charge in [-0.25, -0.2) is 4.98 Å². The lowest BCUT2D eigenvalue weighted by Gasteiger charge is -2.10. The largest absolute Gasteiger partial charge is 0.573 e. The molecule has 3 nitrogen and oxygen atoms in total. The van der Waals surface area contributed by atoms with Crippen molar-refractivity contribution in [3.05, 3.63) is 47.0 Å². The second-order valence-corrected chi connectivity index (χ2v) is 5.31. The molecule has 1 aromatic carbocycles. The van der Waals surface area contributed by atoms with Gasteiger partial charge < -0.3 is 9.47 Å². The Labute approximate surface area is 134 Å². The molecule has 0 fully saturated rings. The normalized spacial score (nSPS) is 14.0. The van der Waals surface area contributed by atoms with Crippen LogP contribution in [0.25, 0.3) is 11.1 Å². The van der Waals surface area contributed by atoms with Gasteiger partial charge in [-0.05, 0) is 48.4 Å². The van der Waals surface area contributed by atoms with Gasteiger partial charge in [0, 0.05) is 11.1 Å². The predicted octanol–water partition coefficient (Wildman–Crippen LogP) is 3.69. The van der Waals surface area contributed by atoms with Crippen molar-refractivity contribution in [1.29, 1.82) is 0 Å². The SMILES string of the molecule is FC(F)(F)Oc1ccc(Oc2ccc3c(n2)=C(Cl)CCC=3)cc1. The van der Waals surface area contributed by atoms with Crippen LogP contribution in [0, 0.1) is 0 Å². The maximum atomic E-state index is 12.1. The fourth-order valence-electron chi connectivity index (χ4n) is 2.19. The average molecular weight is 342 g/mol. The number of benzene rings is 1. The summed E-state index contributed by atoms with van der Waals surface area (Å²) in [5, 5.41) is 2.29. The van der Waals surface area contributed by atoms with E-state index in [0.717, 1.165) is 18.1 Å². The first-order valence-corrected chi connectivity index (χ1v) is 7.18. The van der Waals surface area contributed by atoms with Crippen LogP contribution in [0.5, 0.6) is 17.4 Å². The second kappa shape index (κ2) is 6.12. The number of hydrogen-bond donors (Lipinski definition) is 0. The molecule has 0 spiro atoms. The first-order valence-electron chi connectivity index (χ1n) is 6.80. The molecule has 0 saturated heterocycles. The number of nitrogens with zero attached hydrogens (tertiary/aromatic N) is 1. The first kappa shape index (κ1) is 15.7. The third-order valence-electron chi connectivity index (χ3n) is 3.17. The van der Waals surface area contributed by atoms with Crippen LogP contribution >= 0.6 is 11.6 Å². The number of hydrogen-bond acceptors (Lipinski definition) is 3. The fraction of sp³-hybridized carbons (Fsp3) is 0.188. The lowest BCUT2D eigenvalue weighted by Crippen LogP contribution is -2.31. The Morgan fingerprint density at radius 1 is 1.00 bits per heavy atom. The lowest BCUT2D eigenvalue weighted by atomic mass is 10.1. The highest BCUT2D eigenvalue weighted by Crippen LogP contribution is 2.26. The predicted molar refractivity (Wildman–Crippen MR) is 79.6 cm³/mol. The van der Waals surface area contributed by atoms with Gasteiger partial charge in [0.25, 0.3) is 0 Å². The molecule has 1 heterocycles. The van der Waals surface area contributed by atoms with Crippen LogP contribution in [0.15, 0.2) is 36.4 Å². The molecule has 0 radical (unpaired) electrons. The number of rotatable bonds is 3. The highest BCUT2D eigenvalue weighted by Gasteiger charge is 2.30. The molecular weight excluding hydrogens is 331 g/mol. The highest BCUT2D eigenvalue weighted by molar-refractivity contribution is 6.45. The minimum absolute atomic E-state index is 0.311. The van der Waals surface area contributed by atoms with Crippen molar-refractivity contribution < 1.29 is 22.6 Å². The summed E-state index contributed by atoms with van der Waals surface area (Å²) in [5.74, 6) is 0.360. The number of pyridine rings is 1. The van der Waals surface area contributed by atoms with E-state index in [9.17, 15) is 13.2 Å². The van der Waals surface area contributed by atoms with Crippen molar-refractivity contribution in [2.75, 3.05) is 0 Å². The molecular formula is C16H11ClF3NO2. The zero-order valence-corrected chi connectivity index (χ0v) is 12.5. The molecule has 0 unspecified atom stereocenters. The van der Waals surface area contributed by atoms with Crippen molar-refractivity contribution in [3.8, 4) is 17.4 Å². The highest BCUT2D eigenvalue weighted by atomic mass is 35.5. The maximum Gasteiger partial charge on any atom is 0.573 e. The summed E-state index contributed by atoms with van der Waals surface area (Å²) in [7, 11) is 0. The van der Waals surface area contributed by atoms with Crippen molar-refractivity contribution in [2.24, 2.45) is 0 Å². The smallest absolute Gasteiger partial charge is 0.439 e. The van der Waals surface area contributed by atoms with Gasteiger partial charge in [-0.3, -0.25) is 0 Å². The van der Waals surface area contributed by atoms with Crippen LogP contribution in [0.1, 0.15) is 12.8 Å². The number of halogens is 4. The van der Waals surface area contributed by atoms with E-state index in [4.69, 9.17) is 16.3 Å². The summed E-state index contributed by atoms with van der Waals surface area (Å²) in [4.78, 5) is 4.34. The van der Waals surface area contributed by atoms with Gasteiger partial charge in [-0.2, -0.15) is 0 Å². The fourth-order valence-corrected chi connectivity index (χ4v) is 2.45. The molecule has 0 bridgehead atoms. The maximum absolute atomic E-state index is 12.1. The Morgan fingerprint density at radius 3 is 2.39 bits per heavy atom. The van der Waals surface area contributed by atoms with E-state index in [2.05, 4.69) is 9.72 Å². The summed E-state index contributed by atoms with van der Waals surface area (Å²) in [6.07, 6.45) is -1.07. The van der Waals surface area contributed by atoms with Crippen molar-refractivity contribution in [1.82, 2.24) is 4.98 Å². The summed E-state index contributed by atoms with van der Waals surface area (Å²) >= 11 is 6.16. The van der Waals surface area contributed by atoms with Crippen LogP contribution in [-0.4, -0.2) is 11.3 Å². The molecule has 0 atom stereocenters. The van der Waals surface area contributed by atoms with Crippen molar-refractivity contribution in [2.45, 2.75) is 19.2 Å². The van der Waals surface area contributed by atoms with Crippen molar-refractivity contribution in [3.63, 3.8) is 0 Å². The van der Waals surface area contributed by atoms with Crippen LogP contribution in [0.2, 0.25) is 0 Å². The van der Waals surface area contributed by atoms with Crippen LogP contribution in [0.3, 0.4) is 0 Å². The van der Waals surface area contributed by atoms with Crippen LogP contribution < -0.4 is 20.0 Å². The average Bonchev–Trinajstić information content (AvgIpc) is 2.49. The Bertz CT molecular complexity index is 832. The van der Waals surface area contributed by atoms with Gasteiger partial charge in [0.05, 0.1) is 5.35 Å². The van der Waals surface area contributed by atoms with Crippen molar-refractivity contribution >= 4 is 22.7 Å². The second-order valence-electron chi connectivity index (χ2n) is 4.86. The molecule has 3 rings (SSSR count). The van der Waals surface area contributed by atoms with E-state index < -0.39 is 6.36 Å². The first-order chi connectivity index (χ1) is 10.9. The molecule has 120 valence electrons. The summed E-state index contributed by atoms with van der Waals surface area (Å²) in [6.45, 7) is 0. The molecule has 0 amide bonds. The molecule has 1 aromatic heterocycles. The molecule has 1 aliphatic carbocycles. The minimum atomic E-state index is -4.72. The van der Waals surface area contributed by atoms with Gasteiger partial charge in [-0.15, -0.1) is 13.2 Å². The standard InChI is InChI=1S/C16H11ClF3NO2/c17-13-3-1-2-10-4-9-14(21-15(10)13)22-11-5-7-12(8-6-11)23-16(18,19)20/h2,4-9H,1,3H2.